The lowest BCUT2D eigenvalue weighted by molar-refractivity contribution is 0.251. The van der Waals surface area contributed by atoms with E-state index in [2.05, 4.69) is 10.2 Å². The van der Waals surface area contributed by atoms with Gasteiger partial charge in [0, 0.05) is 38.6 Å². The van der Waals surface area contributed by atoms with Gasteiger partial charge in [-0.2, -0.15) is 0 Å². The summed E-state index contributed by atoms with van der Waals surface area (Å²) in [5, 5.41) is 4.20. The Morgan fingerprint density at radius 2 is 1.86 bits per heavy atom. The standard InChI is InChI=1S/C8H16ClN2O2S/c9-1-7-14(12,13)8-6-11-4-2-10-3-5-11/h1-8H2. The van der Waals surface area contributed by atoms with E-state index in [4.69, 9.17) is 11.6 Å². The van der Waals surface area contributed by atoms with Crippen molar-refractivity contribution in [3.05, 3.63) is 0 Å². The van der Waals surface area contributed by atoms with Crippen LogP contribution in [0.1, 0.15) is 0 Å². The molecule has 0 saturated carbocycles. The molecule has 4 nitrogen and oxygen atoms in total. The Kier molecular flexibility index (Phi) is 5.15. The van der Waals surface area contributed by atoms with E-state index in [0.717, 1.165) is 26.2 Å². The van der Waals surface area contributed by atoms with Crippen LogP contribution in [0.25, 0.3) is 0 Å². The average molecular weight is 240 g/mol. The molecule has 1 aliphatic heterocycles. The van der Waals surface area contributed by atoms with Crippen LogP contribution in [0.4, 0.5) is 0 Å². The van der Waals surface area contributed by atoms with E-state index in [1.165, 1.54) is 0 Å². The lowest BCUT2D eigenvalue weighted by Crippen LogP contribution is -2.42. The summed E-state index contributed by atoms with van der Waals surface area (Å²) in [5.41, 5.74) is 0. The third kappa shape index (κ3) is 4.59. The molecule has 0 atom stereocenters. The summed E-state index contributed by atoms with van der Waals surface area (Å²) in [6.07, 6.45) is 0. The monoisotopic (exact) mass is 239 g/mol. The number of alkyl halides is 1. The fourth-order valence-electron chi connectivity index (χ4n) is 1.36. The van der Waals surface area contributed by atoms with E-state index in [-0.39, 0.29) is 17.4 Å². The van der Waals surface area contributed by atoms with Crippen LogP contribution in [0.15, 0.2) is 0 Å². The maximum Gasteiger partial charge on any atom is 0.152 e. The summed E-state index contributed by atoms with van der Waals surface area (Å²) >= 11 is 5.40. The fraction of sp³-hybridized carbons (Fsp3) is 1.00. The maximum absolute atomic E-state index is 11.3. The Balaban J connectivity index is 2.24. The fourth-order valence-corrected chi connectivity index (χ4v) is 3.04. The maximum atomic E-state index is 11.3. The van der Waals surface area contributed by atoms with E-state index in [9.17, 15) is 8.42 Å². The van der Waals surface area contributed by atoms with Crippen LogP contribution in [0, 0.1) is 0 Å². The smallest absolute Gasteiger partial charge is 0.152 e. The van der Waals surface area contributed by atoms with Gasteiger partial charge in [0.25, 0.3) is 0 Å². The molecule has 6 heteroatoms. The van der Waals surface area contributed by atoms with Crippen molar-refractivity contribution >= 4 is 21.4 Å². The molecule has 0 bridgehead atoms. The zero-order valence-corrected chi connectivity index (χ0v) is 9.73. The van der Waals surface area contributed by atoms with Gasteiger partial charge in [-0.15, -0.1) is 11.6 Å². The zero-order valence-electron chi connectivity index (χ0n) is 8.15. The molecule has 1 rings (SSSR count). The molecule has 0 N–H and O–H groups in total. The highest BCUT2D eigenvalue weighted by Gasteiger charge is 2.15. The van der Waals surface area contributed by atoms with Crippen molar-refractivity contribution in [2.24, 2.45) is 0 Å². The van der Waals surface area contributed by atoms with Crippen LogP contribution >= 0.6 is 11.6 Å². The molecule has 0 aromatic heterocycles. The van der Waals surface area contributed by atoms with Crippen molar-refractivity contribution < 1.29 is 8.42 Å². The molecule has 0 aromatic rings. The molecule has 0 spiro atoms. The first kappa shape index (κ1) is 12.2. The highest BCUT2D eigenvalue weighted by Crippen LogP contribution is 1.97. The first-order chi connectivity index (χ1) is 6.64. The van der Waals surface area contributed by atoms with Crippen molar-refractivity contribution in [2.75, 3.05) is 50.1 Å². The second-order valence-electron chi connectivity index (χ2n) is 3.35. The lowest BCUT2D eigenvalue weighted by atomic mass is 10.4. The Morgan fingerprint density at radius 3 is 2.43 bits per heavy atom. The van der Waals surface area contributed by atoms with Gasteiger partial charge in [-0.05, 0) is 0 Å². The first-order valence-electron chi connectivity index (χ1n) is 4.76. The van der Waals surface area contributed by atoms with Gasteiger partial charge in [-0.1, -0.05) is 0 Å². The molecule has 0 amide bonds. The van der Waals surface area contributed by atoms with Crippen molar-refractivity contribution in [3.63, 3.8) is 0 Å². The number of hydrogen-bond donors (Lipinski definition) is 0. The quantitative estimate of drug-likeness (QED) is 0.612. The largest absolute Gasteiger partial charge is 0.300 e. The predicted octanol–water partition coefficient (Wildman–Crippen LogP) is -0.440. The minimum atomic E-state index is -2.94. The van der Waals surface area contributed by atoms with Gasteiger partial charge in [-0.25, -0.2) is 13.7 Å². The molecule has 1 heterocycles. The van der Waals surface area contributed by atoms with Crippen molar-refractivity contribution in [3.8, 4) is 0 Å². The SMILES string of the molecule is O=S(=O)(CCCl)CCN1CC[N]CC1. The van der Waals surface area contributed by atoms with E-state index in [0.29, 0.717) is 6.54 Å². The normalized spacial score (nSPS) is 19.8. The second kappa shape index (κ2) is 5.90. The molecule has 83 valence electrons. The topological polar surface area (TPSA) is 51.5 Å². The molecule has 0 aromatic carbocycles. The number of hydrogen-bond acceptors (Lipinski definition) is 3. The Bertz CT molecular complexity index is 250. The minimum absolute atomic E-state index is 0.0901. The van der Waals surface area contributed by atoms with E-state index < -0.39 is 9.84 Å². The van der Waals surface area contributed by atoms with Gasteiger partial charge in [-0.3, -0.25) is 4.90 Å². The summed E-state index contributed by atoms with van der Waals surface area (Å²) in [7, 11) is -2.94. The first-order valence-corrected chi connectivity index (χ1v) is 7.11. The number of sulfone groups is 1. The third-order valence-corrected chi connectivity index (χ3v) is 4.30. The summed E-state index contributed by atoms with van der Waals surface area (Å²) in [6.45, 7) is 4.05. The van der Waals surface area contributed by atoms with Crippen LogP contribution in [0.5, 0.6) is 0 Å². The van der Waals surface area contributed by atoms with E-state index in [1.807, 2.05) is 0 Å². The Hall–Kier alpha value is 0.160. The van der Waals surface area contributed by atoms with Gasteiger partial charge in [0.2, 0.25) is 0 Å². The summed E-state index contributed by atoms with van der Waals surface area (Å²) in [4.78, 5) is 2.14. The molecule has 1 radical (unpaired) electrons. The average Bonchev–Trinajstić information content (AvgIpc) is 2.17. The van der Waals surface area contributed by atoms with Gasteiger partial charge < -0.3 is 0 Å². The zero-order chi connectivity index (χ0) is 10.4. The van der Waals surface area contributed by atoms with Crippen LogP contribution in [0.3, 0.4) is 0 Å². The van der Waals surface area contributed by atoms with Crippen molar-refractivity contribution in [1.29, 1.82) is 0 Å². The predicted molar refractivity (Wildman–Crippen MR) is 57.7 cm³/mol. The van der Waals surface area contributed by atoms with Gasteiger partial charge in [0.05, 0.1) is 11.5 Å². The van der Waals surface area contributed by atoms with Gasteiger partial charge in [0.15, 0.2) is 9.84 Å². The van der Waals surface area contributed by atoms with Crippen molar-refractivity contribution in [1.82, 2.24) is 10.2 Å². The molecule has 1 fully saturated rings. The molecule has 1 saturated heterocycles. The van der Waals surface area contributed by atoms with Crippen LogP contribution < -0.4 is 5.32 Å². The third-order valence-electron chi connectivity index (χ3n) is 2.26. The van der Waals surface area contributed by atoms with E-state index >= 15 is 0 Å². The highest BCUT2D eigenvalue weighted by atomic mass is 35.5. The van der Waals surface area contributed by atoms with Crippen LogP contribution in [0.2, 0.25) is 0 Å². The van der Waals surface area contributed by atoms with E-state index in [1.54, 1.807) is 0 Å². The Labute approximate surface area is 90.5 Å². The van der Waals surface area contributed by atoms with Gasteiger partial charge >= 0.3 is 0 Å². The van der Waals surface area contributed by atoms with Crippen molar-refractivity contribution in [2.45, 2.75) is 0 Å². The molecule has 0 unspecified atom stereocenters. The molecular weight excluding hydrogens is 224 g/mol. The molecule has 1 aliphatic rings. The molecule has 0 aliphatic carbocycles. The summed E-state index contributed by atoms with van der Waals surface area (Å²) < 4.78 is 22.7. The highest BCUT2D eigenvalue weighted by molar-refractivity contribution is 7.91. The summed E-state index contributed by atoms with van der Waals surface area (Å²) in [6, 6.07) is 0. The number of rotatable bonds is 5. The molecular formula is C8H16ClN2O2S. The Morgan fingerprint density at radius 1 is 1.21 bits per heavy atom. The number of piperazine rings is 1. The molecule has 14 heavy (non-hydrogen) atoms. The van der Waals surface area contributed by atoms with Crippen LogP contribution in [-0.2, 0) is 9.84 Å². The van der Waals surface area contributed by atoms with Gasteiger partial charge in [0.1, 0.15) is 0 Å². The number of nitrogens with zero attached hydrogens (tertiary/aromatic N) is 2. The number of halogens is 1. The summed E-state index contributed by atoms with van der Waals surface area (Å²) in [5.74, 6) is 0.504. The van der Waals surface area contributed by atoms with Crippen LogP contribution in [-0.4, -0.2) is 63.4 Å². The second-order valence-corrected chi connectivity index (χ2v) is 6.03. The lowest BCUT2D eigenvalue weighted by Gasteiger charge is -2.25. The minimum Gasteiger partial charge on any atom is -0.300 e.